The maximum atomic E-state index is 12.7. The van der Waals surface area contributed by atoms with E-state index in [4.69, 9.17) is 11.3 Å². The predicted molar refractivity (Wildman–Crippen MR) is 49.5 cm³/mol. The highest BCUT2D eigenvalue weighted by molar-refractivity contribution is 5.50. The lowest BCUT2D eigenvalue weighted by Gasteiger charge is -1.95. The van der Waals surface area contributed by atoms with Gasteiger partial charge in [-0.3, -0.25) is 0 Å². The molecule has 1 heterocycles. The summed E-state index contributed by atoms with van der Waals surface area (Å²) in [6.45, 7) is 0.0203. The van der Waals surface area contributed by atoms with Crippen LogP contribution in [0.2, 0.25) is 0 Å². The van der Waals surface area contributed by atoms with Crippen LogP contribution in [0.1, 0.15) is 5.56 Å². The molecule has 0 bridgehead atoms. The molecule has 1 aromatic heterocycles. The normalized spacial score (nSPS) is 8.36. The molecule has 0 unspecified atom stereocenters. The smallest absolute Gasteiger partial charge is 0.142 e. The van der Waals surface area contributed by atoms with Crippen LogP contribution in [0.15, 0.2) is 17.4 Å². The summed E-state index contributed by atoms with van der Waals surface area (Å²) in [5.74, 6) is 4.71. The van der Waals surface area contributed by atoms with Gasteiger partial charge >= 0.3 is 0 Å². The van der Waals surface area contributed by atoms with Crippen molar-refractivity contribution in [1.82, 2.24) is 4.98 Å². The van der Waals surface area contributed by atoms with Gasteiger partial charge in [-0.15, -0.1) is 0 Å². The van der Waals surface area contributed by atoms with E-state index in [0.717, 1.165) is 6.20 Å². The molecule has 2 N–H and O–H groups in total. The highest BCUT2D eigenvalue weighted by atomic mass is 19.1. The Morgan fingerprint density at radius 2 is 2.50 bits per heavy atom. The van der Waals surface area contributed by atoms with E-state index in [1.807, 2.05) is 0 Å². The average Bonchev–Trinajstić information content (AvgIpc) is 2.18. The van der Waals surface area contributed by atoms with Gasteiger partial charge in [0.25, 0.3) is 0 Å². The van der Waals surface area contributed by atoms with Crippen LogP contribution in [0.4, 0.5) is 10.2 Å². The van der Waals surface area contributed by atoms with E-state index in [2.05, 4.69) is 26.9 Å². The van der Waals surface area contributed by atoms with Crippen LogP contribution < -0.4 is 5.73 Å². The van der Waals surface area contributed by atoms with Crippen LogP contribution in [0.3, 0.4) is 0 Å². The topological polar surface area (TPSA) is 87.7 Å². The number of anilines is 1. The lowest BCUT2D eigenvalue weighted by Crippen LogP contribution is -1.95. The minimum atomic E-state index is -0.507. The summed E-state index contributed by atoms with van der Waals surface area (Å²) in [6, 6.07) is 1.17. The fourth-order valence-electron chi connectivity index (χ4n) is 0.752. The van der Waals surface area contributed by atoms with Gasteiger partial charge < -0.3 is 5.73 Å². The van der Waals surface area contributed by atoms with Crippen molar-refractivity contribution in [3.63, 3.8) is 0 Å². The molecular formula is C8H6FN5. The molecule has 0 amide bonds. The van der Waals surface area contributed by atoms with E-state index in [9.17, 15) is 4.39 Å². The molecule has 0 aromatic carbocycles. The van der Waals surface area contributed by atoms with E-state index in [1.54, 1.807) is 0 Å². The van der Waals surface area contributed by atoms with Crippen LogP contribution in [0.5, 0.6) is 0 Å². The fraction of sp³-hybridized carbons (Fsp3) is 0.125. The highest BCUT2D eigenvalue weighted by Crippen LogP contribution is 2.07. The predicted octanol–water partition coefficient (Wildman–Crippen LogP) is 1.46. The SMILES string of the molecule is [N-]=[N+]=NCC#Cc1cc(F)cnc1N. The fourth-order valence-corrected chi connectivity index (χ4v) is 0.752. The number of nitrogen functional groups attached to an aromatic ring is 1. The summed E-state index contributed by atoms with van der Waals surface area (Å²) in [4.78, 5) is 6.08. The Bertz CT molecular complexity index is 439. The third-order valence-corrected chi connectivity index (χ3v) is 1.32. The van der Waals surface area contributed by atoms with Gasteiger partial charge in [0.2, 0.25) is 0 Å². The van der Waals surface area contributed by atoms with E-state index in [0.29, 0.717) is 0 Å². The molecule has 0 saturated heterocycles. The Kier molecular flexibility index (Phi) is 3.30. The van der Waals surface area contributed by atoms with Gasteiger partial charge in [0, 0.05) is 4.91 Å². The number of halogens is 1. The molecule has 6 heteroatoms. The van der Waals surface area contributed by atoms with Crippen molar-refractivity contribution in [3.05, 3.63) is 34.1 Å². The summed E-state index contributed by atoms with van der Waals surface area (Å²) in [7, 11) is 0. The van der Waals surface area contributed by atoms with Crippen LogP contribution in [-0.2, 0) is 0 Å². The van der Waals surface area contributed by atoms with Gasteiger partial charge in [0.05, 0.1) is 18.3 Å². The zero-order chi connectivity index (χ0) is 10.4. The third kappa shape index (κ3) is 2.66. The molecule has 0 spiro atoms. The third-order valence-electron chi connectivity index (χ3n) is 1.32. The zero-order valence-electron chi connectivity index (χ0n) is 7.11. The van der Waals surface area contributed by atoms with E-state index < -0.39 is 5.82 Å². The van der Waals surface area contributed by atoms with Crippen molar-refractivity contribution in [3.8, 4) is 11.8 Å². The molecule has 0 fully saturated rings. The van der Waals surface area contributed by atoms with Gasteiger partial charge in [0.15, 0.2) is 0 Å². The monoisotopic (exact) mass is 191 g/mol. The number of aromatic nitrogens is 1. The Morgan fingerprint density at radius 1 is 1.71 bits per heavy atom. The number of hydrogen-bond donors (Lipinski definition) is 1. The second-order valence-corrected chi connectivity index (χ2v) is 2.28. The summed E-state index contributed by atoms with van der Waals surface area (Å²) in [6.07, 6.45) is 1.01. The second-order valence-electron chi connectivity index (χ2n) is 2.28. The maximum absolute atomic E-state index is 12.7. The van der Waals surface area contributed by atoms with Crippen LogP contribution >= 0.6 is 0 Å². The van der Waals surface area contributed by atoms with Gasteiger partial charge in [0.1, 0.15) is 11.6 Å². The molecule has 14 heavy (non-hydrogen) atoms. The largest absolute Gasteiger partial charge is 0.383 e. The first-order chi connectivity index (χ1) is 6.74. The number of pyridine rings is 1. The lowest BCUT2D eigenvalue weighted by molar-refractivity contribution is 0.621. The van der Waals surface area contributed by atoms with Crippen LogP contribution in [0, 0.1) is 17.7 Å². The van der Waals surface area contributed by atoms with Crippen molar-refractivity contribution in [2.24, 2.45) is 5.11 Å². The molecule has 70 valence electrons. The average molecular weight is 191 g/mol. The van der Waals surface area contributed by atoms with Gasteiger partial charge in [-0.2, -0.15) is 0 Å². The van der Waals surface area contributed by atoms with Crippen molar-refractivity contribution in [1.29, 1.82) is 0 Å². The Morgan fingerprint density at radius 3 is 3.21 bits per heavy atom. The van der Waals surface area contributed by atoms with Gasteiger partial charge in [-0.1, -0.05) is 17.0 Å². The molecule has 0 aliphatic carbocycles. The Hall–Kier alpha value is -2.25. The Labute approximate surface area is 79.4 Å². The lowest BCUT2D eigenvalue weighted by atomic mass is 10.2. The first-order valence-electron chi connectivity index (χ1n) is 3.65. The van der Waals surface area contributed by atoms with Crippen LogP contribution in [0.25, 0.3) is 10.4 Å². The van der Waals surface area contributed by atoms with E-state index >= 15 is 0 Å². The van der Waals surface area contributed by atoms with E-state index in [-0.39, 0.29) is 17.9 Å². The number of azide groups is 1. The summed E-state index contributed by atoms with van der Waals surface area (Å²) >= 11 is 0. The summed E-state index contributed by atoms with van der Waals surface area (Å²) in [5, 5.41) is 3.19. The molecule has 0 atom stereocenters. The number of nitrogens with zero attached hydrogens (tertiary/aromatic N) is 4. The first kappa shape index (κ1) is 9.84. The minimum Gasteiger partial charge on any atom is -0.383 e. The maximum Gasteiger partial charge on any atom is 0.142 e. The molecule has 1 rings (SSSR count). The van der Waals surface area contributed by atoms with Crippen molar-refractivity contribution in [2.75, 3.05) is 12.3 Å². The molecular weight excluding hydrogens is 185 g/mol. The summed E-state index contributed by atoms with van der Waals surface area (Å²) < 4.78 is 12.7. The summed E-state index contributed by atoms with van der Waals surface area (Å²) in [5.41, 5.74) is 13.7. The quantitative estimate of drug-likeness (QED) is 0.315. The van der Waals surface area contributed by atoms with Gasteiger partial charge in [-0.25, -0.2) is 9.37 Å². The molecule has 5 nitrogen and oxygen atoms in total. The molecule has 1 aromatic rings. The molecule has 0 aliphatic rings. The second kappa shape index (κ2) is 4.70. The molecule has 0 aliphatic heterocycles. The standard InChI is InChI=1S/C8H6FN5/c9-7-4-6(8(10)12-5-7)2-1-3-13-14-11/h4-5H,3H2,(H2,10,12). The minimum absolute atomic E-state index is 0.0203. The molecule has 0 saturated carbocycles. The van der Waals surface area contributed by atoms with Gasteiger partial charge in [-0.05, 0) is 11.6 Å². The highest BCUT2D eigenvalue weighted by Gasteiger charge is 1.97. The van der Waals surface area contributed by atoms with E-state index in [1.165, 1.54) is 6.07 Å². The number of nitrogens with two attached hydrogens (primary N) is 1. The van der Waals surface area contributed by atoms with Crippen LogP contribution in [-0.4, -0.2) is 11.5 Å². The van der Waals surface area contributed by atoms with Crippen molar-refractivity contribution >= 4 is 5.82 Å². The first-order valence-corrected chi connectivity index (χ1v) is 3.65. The Balaban J connectivity index is 2.88. The van der Waals surface area contributed by atoms with Crippen molar-refractivity contribution in [2.45, 2.75) is 0 Å². The van der Waals surface area contributed by atoms with Crippen molar-refractivity contribution < 1.29 is 4.39 Å². The number of rotatable bonds is 1. The molecule has 0 radical (unpaired) electrons. The number of hydrogen-bond acceptors (Lipinski definition) is 3. The zero-order valence-corrected chi connectivity index (χ0v) is 7.11.